The summed E-state index contributed by atoms with van der Waals surface area (Å²) in [5.41, 5.74) is 1.78. The largest absolute Gasteiger partial charge is 0.319 e. The molecule has 0 unspecified atom stereocenters. The Morgan fingerprint density at radius 3 is 2.89 bits per heavy atom. The van der Waals surface area contributed by atoms with Crippen LogP contribution in [0.4, 0.5) is 5.69 Å². The highest BCUT2D eigenvalue weighted by atomic mass is 79.9. The van der Waals surface area contributed by atoms with Crippen molar-refractivity contribution in [1.82, 2.24) is 9.97 Å². The van der Waals surface area contributed by atoms with E-state index in [0.717, 1.165) is 5.56 Å². The first-order chi connectivity index (χ1) is 8.58. The zero-order valence-corrected chi connectivity index (χ0v) is 11.8. The Bertz CT molecular complexity index is 604. The van der Waals surface area contributed by atoms with Gasteiger partial charge in [-0.05, 0) is 46.6 Å². The number of halogens is 2. The summed E-state index contributed by atoms with van der Waals surface area (Å²) >= 11 is 9.03. The van der Waals surface area contributed by atoms with Gasteiger partial charge in [-0.15, -0.1) is 0 Å². The average Bonchev–Trinajstić information content (AvgIpc) is 2.33. The van der Waals surface area contributed by atoms with E-state index in [4.69, 9.17) is 11.6 Å². The van der Waals surface area contributed by atoms with Gasteiger partial charge in [0, 0.05) is 10.7 Å². The van der Waals surface area contributed by atoms with Gasteiger partial charge in [0.25, 0.3) is 5.91 Å². The number of carbonyl (C=O) groups is 1. The molecule has 2 heterocycles. The van der Waals surface area contributed by atoms with Gasteiger partial charge >= 0.3 is 0 Å². The van der Waals surface area contributed by atoms with Crippen LogP contribution in [0.5, 0.6) is 0 Å². The van der Waals surface area contributed by atoms with E-state index in [1.54, 1.807) is 24.4 Å². The van der Waals surface area contributed by atoms with E-state index in [0.29, 0.717) is 21.0 Å². The van der Waals surface area contributed by atoms with Crippen LogP contribution in [-0.4, -0.2) is 15.9 Å². The van der Waals surface area contributed by atoms with Gasteiger partial charge in [0.05, 0.1) is 11.9 Å². The van der Waals surface area contributed by atoms with Crippen molar-refractivity contribution in [1.29, 1.82) is 0 Å². The van der Waals surface area contributed by atoms with Crippen LogP contribution in [-0.2, 0) is 0 Å². The second-order valence-electron chi connectivity index (χ2n) is 3.61. The first-order valence-corrected chi connectivity index (χ1v) is 6.29. The summed E-state index contributed by atoms with van der Waals surface area (Å²) in [5, 5.41) is 3.14. The lowest BCUT2D eigenvalue weighted by Crippen LogP contribution is -2.15. The summed E-state index contributed by atoms with van der Waals surface area (Å²) in [5.74, 6) is -0.297. The molecule has 0 aliphatic carbocycles. The van der Waals surface area contributed by atoms with Crippen LogP contribution >= 0.6 is 27.5 Å². The number of aromatic nitrogens is 2. The molecule has 0 spiro atoms. The lowest BCUT2D eigenvalue weighted by Gasteiger charge is -2.08. The predicted molar refractivity (Wildman–Crippen MR) is 73.9 cm³/mol. The molecule has 6 heteroatoms. The highest BCUT2D eigenvalue weighted by Gasteiger charge is 2.12. The standard InChI is InChI=1S/C12H9BrClN3O/c1-7-5-10(14)16-6-9(7)17-12(18)11-8(13)3-2-4-15-11/h2-6H,1H3,(H,17,18). The predicted octanol–water partition coefficient (Wildman–Crippen LogP) is 3.45. The topological polar surface area (TPSA) is 54.9 Å². The zero-order chi connectivity index (χ0) is 13.1. The van der Waals surface area contributed by atoms with Gasteiger partial charge in [0.15, 0.2) is 0 Å². The van der Waals surface area contributed by atoms with Gasteiger partial charge in [-0.3, -0.25) is 4.79 Å². The lowest BCUT2D eigenvalue weighted by atomic mass is 10.2. The highest BCUT2D eigenvalue weighted by Crippen LogP contribution is 2.19. The maximum Gasteiger partial charge on any atom is 0.275 e. The van der Waals surface area contributed by atoms with Crippen molar-refractivity contribution >= 4 is 39.1 Å². The molecule has 1 N–H and O–H groups in total. The van der Waals surface area contributed by atoms with Crippen molar-refractivity contribution < 1.29 is 4.79 Å². The normalized spacial score (nSPS) is 10.2. The fourth-order valence-electron chi connectivity index (χ4n) is 1.39. The summed E-state index contributed by atoms with van der Waals surface area (Å²) in [6.07, 6.45) is 3.08. The van der Waals surface area contributed by atoms with Gasteiger partial charge in [-0.25, -0.2) is 9.97 Å². The summed E-state index contributed by atoms with van der Waals surface area (Å²) in [4.78, 5) is 20.0. The molecule has 0 atom stereocenters. The van der Waals surface area contributed by atoms with E-state index >= 15 is 0 Å². The Balaban J connectivity index is 2.24. The SMILES string of the molecule is Cc1cc(Cl)ncc1NC(=O)c1ncccc1Br. The number of anilines is 1. The maximum atomic E-state index is 12.0. The number of nitrogens with zero attached hydrogens (tertiary/aromatic N) is 2. The van der Waals surface area contributed by atoms with Crippen LogP contribution in [0, 0.1) is 6.92 Å². The van der Waals surface area contributed by atoms with Crippen LogP contribution in [0.25, 0.3) is 0 Å². The molecule has 1 amide bonds. The number of hydrogen-bond donors (Lipinski definition) is 1. The van der Waals surface area contributed by atoms with Gasteiger partial charge in [-0.1, -0.05) is 11.6 Å². The third kappa shape index (κ3) is 2.86. The number of hydrogen-bond acceptors (Lipinski definition) is 3. The van der Waals surface area contributed by atoms with Gasteiger partial charge in [0.2, 0.25) is 0 Å². The Morgan fingerprint density at radius 2 is 2.22 bits per heavy atom. The Labute approximate surface area is 118 Å². The number of pyridine rings is 2. The molecule has 0 saturated carbocycles. The van der Waals surface area contributed by atoms with E-state index in [9.17, 15) is 4.79 Å². The van der Waals surface area contributed by atoms with Crippen molar-refractivity contribution in [2.75, 3.05) is 5.32 Å². The van der Waals surface area contributed by atoms with E-state index in [1.165, 1.54) is 6.20 Å². The van der Waals surface area contributed by atoms with Crippen LogP contribution in [0.15, 0.2) is 35.1 Å². The summed E-state index contributed by atoms with van der Waals surface area (Å²) in [6.45, 7) is 1.84. The minimum Gasteiger partial charge on any atom is -0.319 e. The molecule has 0 fully saturated rings. The monoisotopic (exact) mass is 325 g/mol. The second kappa shape index (κ2) is 5.46. The average molecular weight is 327 g/mol. The van der Waals surface area contributed by atoms with Crippen molar-refractivity contribution in [2.45, 2.75) is 6.92 Å². The van der Waals surface area contributed by atoms with Crippen molar-refractivity contribution in [2.24, 2.45) is 0 Å². The molecule has 18 heavy (non-hydrogen) atoms. The zero-order valence-electron chi connectivity index (χ0n) is 9.45. The fraction of sp³-hybridized carbons (Fsp3) is 0.0833. The molecule has 0 bridgehead atoms. The molecule has 0 aliphatic rings. The van der Waals surface area contributed by atoms with E-state index < -0.39 is 0 Å². The molecule has 92 valence electrons. The fourth-order valence-corrected chi connectivity index (χ4v) is 2.03. The second-order valence-corrected chi connectivity index (χ2v) is 4.85. The molecule has 2 rings (SSSR count). The molecular weight excluding hydrogens is 318 g/mol. The Kier molecular flexibility index (Phi) is 3.93. The highest BCUT2D eigenvalue weighted by molar-refractivity contribution is 9.10. The van der Waals surface area contributed by atoms with Crippen LogP contribution in [0.3, 0.4) is 0 Å². The Hall–Kier alpha value is -1.46. The third-order valence-electron chi connectivity index (χ3n) is 2.30. The molecular formula is C12H9BrClN3O. The smallest absolute Gasteiger partial charge is 0.275 e. The van der Waals surface area contributed by atoms with Crippen LogP contribution in [0.1, 0.15) is 16.1 Å². The number of carbonyl (C=O) groups excluding carboxylic acids is 1. The van der Waals surface area contributed by atoms with Gasteiger partial charge < -0.3 is 5.32 Å². The minimum absolute atomic E-state index is 0.297. The van der Waals surface area contributed by atoms with Crippen molar-refractivity contribution in [3.8, 4) is 0 Å². The minimum atomic E-state index is -0.297. The summed E-state index contributed by atoms with van der Waals surface area (Å²) in [7, 11) is 0. The third-order valence-corrected chi connectivity index (χ3v) is 3.15. The van der Waals surface area contributed by atoms with E-state index in [2.05, 4.69) is 31.2 Å². The number of rotatable bonds is 2. The van der Waals surface area contributed by atoms with Crippen LogP contribution < -0.4 is 5.32 Å². The summed E-state index contributed by atoms with van der Waals surface area (Å²) < 4.78 is 0.641. The first-order valence-electron chi connectivity index (χ1n) is 5.12. The van der Waals surface area contributed by atoms with Gasteiger partial charge in [-0.2, -0.15) is 0 Å². The number of aryl methyl sites for hydroxylation is 1. The van der Waals surface area contributed by atoms with Crippen molar-refractivity contribution in [3.05, 3.63) is 51.5 Å². The molecule has 2 aromatic heterocycles. The summed E-state index contributed by atoms with van der Waals surface area (Å²) in [6, 6.07) is 5.19. The first kappa shape index (κ1) is 13.0. The lowest BCUT2D eigenvalue weighted by molar-refractivity contribution is 0.102. The molecule has 0 aromatic carbocycles. The molecule has 0 radical (unpaired) electrons. The maximum absolute atomic E-state index is 12.0. The quantitative estimate of drug-likeness (QED) is 0.860. The van der Waals surface area contributed by atoms with Crippen molar-refractivity contribution in [3.63, 3.8) is 0 Å². The molecule has 4 nitrogen and oxygen atoms in total. The van der Waals surface area contributed by atoms with Gasteiger partial charge in [0.1, 0.15) is 10.8 Å². The Morgan fingerprint density at radius 1 is 1.44 bits per heavy atom. The molecule has 0 saturated heterocycles. The molecule has 2 aromatic rings. The van der Waals surface area contributed by atoms with E-state index in [-0.39, 0.29) is 5.91 Å². The molecule has 0 aliphatic heterocycles. The number of nitrogens with one attached hydrogen (secondary N) is 1. The van der Waals surface area contributed by atoms with Crippen LogP contribution in [0.2, 0.25) is 5.15 Å². The number of amides is 1. The van der Waals surface area contributed by atoms with E-state index in [1.807, 2.05) is 6.92 Å².